The molecule has 1 saturated heterocycles. The zero-order valence-corrected chi connectivity index (χ0v) is 10.7. The quantitative estimate of drug-likeness (QED) is 0.832. The van der Waals surface area contributed by atoms with E-state index in [1.54, 1.807) is 0 Å². The molecular formula is C14H16N2S. The Morgan fingerprint density at radius 1 is 1.29 bits per heavy atom. The Labute approximate surface area is 106 Å². The van der Waals surface area contributed by atoms with Crippen LogP contribution in [0.4, 0.5) is 0 Å². The van der Waals surface area contributed by atoms with Gasteiger partial charge in [0.2, 0.25) is 0 Å². The molecule has 2 aromatic rings. The molecular weight excluding hydrogens is 228 g/mol. The summed E-state index contributed by atoms with van der Waals surface area (Å²) in [4.78, 5) is 4.36. The molecule has 3 rings (SSSR count). The maximum absolute atomic E-state index is 4.36. The molecule has 1 fully saturated rings. The summed E-state index contributed by atoms with van der Waals surface area (Å²) < 4.78 is 0. The number of fused-ring (bicyclic) bond motifs is 1. The summed E-state index contributed by atoms with van der Waals surface area (Å²) in [6.07, 6.45) is 5.19. The fourth-order valence-electron chi connectivity index (χ4n) is 2.28. The van der Waals surface area contributed by atoms with E-state index in [0.29, 0.717) is 11.4 Å². The summed E-state index contributed by atoms with van der Waals surface area (Å²) in [5.41, 5.74) is 1.32. The summed E-state index contributed by atoms with van der Waals surface area (Å²) in [7, 11) is 0. The van der Waals surface area contributed by atoms with E-state index in [2.05, 4.69) is 41.5 Å². The average Bonchev–Trinajstić information content (AvgIpc) is 2.38. The van der Waals surface area contributed by atoms with E-state index in [-0.39, 0.29) is 0 Å². The Hall–Kier alpha value is -1.06. The minimum absolute atomic E-state index is 0.386. The molecule has 2 nitrogen and oxygen atoms in total. The van der Waals surface area contributed by atoms with Gasteiger partial charge in [0.15, 0.2) is 0 Å². The number of hydrogen-bond acceptors (Lipinski definition) is 3. The first-order valence-corrected chi connectivity index (χ1v) is 7.10. The highest BCUT2D eigenvalue weighted by molar-refractivity contribution is 7.99. The molecule has 1 aliphatic heterocycles. The van der Waals surface area contributed by atoms with Crippen molar-refractivity contribution in [2.75, 3.05) is 5.75 Å². The first-order valence-electron chi connectivity index (χ1n) is 6.05. The van der Waals surface area contributed by atoms with Gasteiger partial charge in [-0.1, -0.05) is 24.3 Å². The molecule has 0 spiro atoms. The van der Waals surface area contributed by atoms with Crippen LogP contribution in [0.2, 0.25) is 0 Å². The first-order chi connectivity index (χ1) is 8.34. The van der Waals surface area contributed by atoms with Crippen molar-refractivity contribution in [3.05, 3.63) is 42.2 Å². The predicted molar refractivity (Wildman–Crippen MR) is 74.2 cm³/mol. The second-order valence-electron chi connectivity index (χ2n) is 4.56. The van der Waals surface area contributed by atoms with Crippen LogP contribution in [0.3, 0.4) is 0 Å². The van der Waals surface area contributed by atoms with Gasteiger partial charge in [0.1, 0.15) is 0 Å². The van der Waals surface area contributed by atoms with Crippen LogP contribution in [0.25, 0.3) is 10.8 Å². The van der Waals surface area contributed by atoms with Gasteiger partial charge >= 0.3 is 0 Å². The lowest BCUT2D eigenvalue weighted by atomic mass is 10.1. The minimum Gasteiger partial charge on any atom is -0.299 e. The first kappa shape index (κ1) is 11.1. The van der Waals surface area contributed by atoms with Crippen molar-refractivity contribution in [3.63, 3.8) is 0 Å². The molecule has 0 aliphatic carbocycles. The fraction of sp³-hybridized carbons (Fsp3) is 0.357. The summed E-state index contributed by atoms with van der Waals surface area (Å²) >= 11 is 1.98. The molecule has 2 atom stereocenters. The van der Waals surface area contributed by atoms with Crippen molar-refractivity contribution in [2.24, 2.45) is 0 Å². The highest BCUT2D eigenvalue weighted by Crippen LogP contribution is 2.34. The van der Waals surface area contributed by atoms with Crippen molar-refractivity contribution >= 4 is 22.5 Å². The number of thioether (sulfide) groups is 1. The van der Waals surface area contributed by atoms with Gasteiger partial charge in [-0.25, -0.2) is 0 Å². The van der Waals surface area contributed by atoms with E-state index in [4.69, 9.17) is 0 Å². The van der Waals surface area contributed by atoms with Gasteiger partial charge in [0, 0.05) is 29.4 Å². The molecule has 1 aromatic carbocycles. The third-order valence-corrected chi connectivity index (χ3v) is 4.45. The van der Waals surface area contributed by atoms with Crippen LogP contribution in [-0.4, -0.2) is 16.8 Å². The van der Waals surface area contributed by atoms with Crippen LogP contribution in [0.15, 0.2) is 36.7 Å². The molecule has 0 bridgehead atoms. The fourth-order valence-corrected chi connectivity index (χ4v) is 3.70. The van der Waals surface area contributed by atoms with E-state index in [0.717, 1.165) is 0 Å². The van der Waals surface area contributed by atoms with E-state index in [1.807, 2.05) is 24.2 Å². The van der Waals surface area contributed by atoms with Crippen molar-refractivity contribution in [3.8, 4) is 0 Å². The Kier molecular flexibility index (Phi) is 3.04. The molecule has 2 heterocycles. The molecule has 0 amide bonds. The van der Waals surface area contributed by atoms with E-state index >= 15 is 0 Å². The zero-order valence-electron chi connectivity index (χ0n) is 9.89. The lowest BCUT2D eigenvalue weighted by molar-refractivity contribution is 0.513. The van der Waals surface area contributed by atoms with Gasteiger partial charge in [-0.05, 0) is 24.5 Å². The van der Waals surface area contributed by atoms with Gasteiger partial charge < -0.3 is 0 Å². The van der Waals surface area contributed by atoms with E-state index < -0.39 is 0 Å². The smallest absolute Gasteiger partial charge is 0.0812 e. The third-order valence-electron chi connectivity index (χ3n) is 3.25. The largest absolute Gasteiger partial charge is 0.299 e. The average molecular weight is 244 g/mol. The molecule has 1 N–H and O–H groups in total. The van der Waals surface area contributed by atoms with Crippen LogP contribution in [-0.2, 0) is 0 Å². The van der Waals surface area contributed by atoms with Crippen LogP contribution in [0.5, 0.6) is 0 Å². The number of rotatable bonds is 1. The van der Waals surface area contributed by atoms with Crippen molar-refractivity contribution in [1.82, 2.24) is 10.3 Å². The monoisotopic (exact) mass is 244 g/mol. The Morgan fingerprint density at radius 2 is 2.18 bits per heavy atom. The summed E-state index contributed by atoms with van der Waals surface area (Å²) in [5, 5.41) is 6.58. The van der Waals surface area contributed by atoms with Crippen LogP contribution in [0.1, 0.15) is 24.3 Å². The van der Waals surface area contributed by atoms with Crippen LogP contribution in [0, 0.1) is 0 Å². The summed E-state index contributed by atoms with van der Waals surface area (Å²) in [5.74, 6) is 1.22. The van der Waals surface area contributed by atoms with Crippen LogP contribution >= 0.6 is 11.8 Å². The Balaban J connectivity index is 2.04. The van der Waals surface area contributed by atoms with Crippen molar-refractivity contribution in [2.45, 2.75) is 24.8 Å². The summed E-state index contributed by atoms with van der Waals surface area (Å²) in [6, 6.07) is 9.08. The molecule has 88 valence electrons. The Bertz CT molecular complexity index is 521. The van der Waals surface area contributed by atoms with Gasteiger partial charge in [-0.2, -0.15) is 0 Å². The molecule has 2 unspecified atom stereocenters. The third kappa shape index (κ3) is 2.17. The highest BCUT2D eigenvalue weighted by atomic mass is 32.2. The molecule has 1 aliphatic rings. The number of hydrogen-bond donors (Lipinski definition) is 1. The zero-order chi connectivity index (χ0) is 11.7. The van der Waals surface area contributed by atoms with Crippen molar-refractivity contribution in [1.29, 1.82) is 0 Å². The van der Waals surface area contributed by atoms with Crippen molar-refractivity contribution < 1.29 is 0 Å². The summed E-state index contributed by atoms with van der Waals surface area (Å²) in [6.45, 7) is 2.26. The molecule has 17 heavy (non-hydrogen) atoms. The van der Waals surface area contributed by atoms with Gasteiger partial charge in [0.25, 0.3) is 0 Å². The van der Waals surface area contributed by atoms with Gasteiger partial charge in [-0.3, -0.25) is 10.3 Å². The Morgan fingerprint density at radius 3 is 3.06 bits per heavy atom. The topological polar surface area (TPSA) is 24.9 Å². The SMILES string of the molecule is CC1CCSC(c2cncc3ccccc23)N1. The molecule has 3 heteroatoms. The number of aromatic nitrogens is 1. The maximum atomic E-state index is 4.36. The second kappa shape index (κ2) is 4.67. The van der Waals surface area contributed by atoms with E-state index in [1.165, 1.54) is 28.5 Å². The molecule has 0 saturated carbocycles. The molecule has 0 radical (unpaired) electrons. The lowest BCUT2D eigenvalue weighted by Gasteiger charge is -2.29. The van der Waals surface area contributed by atoms with Crippen LogP contribution < -0.4 is 5.32 Å². The number of benzene rings is 1. The normalized spacial score (nSPS) is 25.0. The number of pyridine rings is 1. The highest BCUT2D eigenvalue weighted by Gasteiger charge is 2.21. The number of nitrogens with one attached hydrogen (secondary N) is 1. The molecule has 1 aromatic heterocycles. The predicted octanol–water partition coefficient (Wildman–Crippen LogP) is 3.35. The minimum atomic E-state index is 0.386. The standard InChI is InChI=1S/C14H16N2S/c1-10-6-7-17-14(16-10)13-9-15-8-11-4-2-3-5-12(11)13/h2-5,8-10,14,16H,6-7H2,1H3. The van der Waals surface area contributed by atoms with Gasteiger partial charge in [0.05, 0.1) is 5.37 Å². The second-order valence-corrected chi connectivity index (χ2v) is 5.77. The lowest BCUT2D eigenvalue weighted by Crippen LogP contribution is -2.33. The maximum Gasteiger partial charge on any atom is 0.0812 e. The number of nitrogens with zero attached hydrogens (tertiary/aromatic N) is 1. The van der Waals surface area contributed by atoms with Gasteiger partial charge in [-0.15, -0.1) is 11.8 Å². The van der Waals surface area contributed by atoms with E-state index in [9.17, 15) is 0 Å².